The van der Waals surface area contributed by atoms with E-state index in [-0.39, 0.29) is 17.0 Å². The Morgan fingerprint density at radius 3 is 2.29 bits per heavy atom. The highest BCUT2D eigenvalue weighted by Crippen LogP contribution is 2.39. The van der Waals surface area contributed by atoms with Crippen molar-refractivity contribution in [1.82, 2.24) is 0 Å². The minimum Gasteiger partial charge on any atom is -0.385 e. The van der Waals surface area contributed by atoms with E-state index in [2.05, 4.69) is 42.8 Å². The Bertz CT molecular complexity index is 831. The van der Waals surface area contributed by atoms with E-state index >= 15 is 0 Å². The van der Waals surface area contributed by atoms with Crippen LogP contribution in [-0.2, 0) is 17.4 Å². The van der Waals surface area contributed by atoms with Crippen molar-refractivity contribution in [2.45, 2.75) is 51.6 Å². The summed E-state index contributed by atoms with van der Waals surface area (Å²) in [5.74, 6) is -0.0818. The van der Waals surface area contributed by atoms with Gasteiger partial charge in [-0.2, -0.15) is 0 Å². The molecule has 0 aliphatic rings. The molecule has 0 amide bonds. The number of nitro benzene ring substituents is 1. The van der Waals surface area contributed by atoms with Crippen LogP contribution in [0.25, 0.3) is 0 Å². The molecule has 28 heavy (non-hydrogen) atoms. The SMILES string of the molecule is CC(CCN)C(O)(Cc1ccc([N+](=O)[O-])cc1)c1ccc(Br)c(C(C)(C)C)c1. The molecule has 0 saturated heterocycles. The monoisotopic (exact) mass is 448 g/mol. The number of rotatable bonds is 7. The summed E-state index contributed by atoms with van der Waals surface area (Å²) in [6.07, 6.45) is 1.03. The minimum absolute atomic E-state index is 0.0426. The van der Waals surface area contributed by atoms with Crippen LogP contribution < -0.4 is 5.73 Å². The fourth-order valence-electron chi connectivity index (χ4n) is 3.47. The van der Waals surface area contributed by atoms with Gasteiger partial charge in [0.25, 0.3) is 5.69 Å². The lowest BCUT2D eigenvalue weighted by Gasteiger charge is -2.36. The number of hydrogen-bond acceptors (Lipinski definition) is 4. The largest absolute Gasteiger partial charge is 0.385 e. The number of non-ortho nitro benzene ring substituents is 1. The molecule has 5 nitrogen and oxygen atoms in total. The fourth-order valence-corrected chi connectivity index (χ4v) is 4.31. The second-order valence-electron chi connectivity index (χ2n) is 8.45. The zero-order valence-electron chi connectivity index (χ0n) is 16.9. The van der Waals surface area contributed by atoms with Gasteiger partial charge < -0.3 is 10.8 Å². The van der Waals surface area contributed by atoms with Crippen LogP contribution >= 0.6 is 15.9 Å². The summed E-state index contributed by atoms with van der Waals surface area (Å²) in [4.78, 5) is 10.5. The molecule has 2 rings (SSSR count). The lowest BCUT2D eigenvalue weighted by molar-refractivity contribution is -0.384. The highest BCUT2D eigenvalue weighted by molar-refractivity contribution is 9.10. The van der Waals surface area contributed by atoms with Crippen LogP contribution in [0.3, 0.4) is 0 Å². The van der Waals surface area contributed by atoms with Crippen molar-refractivity contribution in [3.63, 3.8) is 0 Å². The highest BCUT2D eigenvalue weighted by Gasteiger charge is 2.36. The van der Waals surface area contributed by atoms with Crippen LogP contribution in [-0.4, -0.2) is 16.6 Å². The van der Waals surface area contributed by atoms with Crippen LogP contribution in [0.15, 0.2) is 46.9 Å². The summed E-state index contributed by atoms with van der Waals surface area (Å²) in [6.45, 7) is 8.88. The van der Waals surface area contributed by atoms with Crippen molar-refractivity contribution in [1.29, 1.82) is 0 Å². The highest BCUT2D eigenvalue weighted by atomic mass is 79.9. The minimum atomic E-state index is -1.13. The molecule has 3 N–H and O–H groups in total. The van der Waals surface area contributed by atoms with E-state index in [0.29, 0.717) is 19.4 Å². The van der Waals surface area contributed by atoms with E-state index in [1.807, 2.05) is 19.1 Å². The first kappa shape index (κ1) is 22.5. The average Bonchev–Trinajstić information content (AvgIpc) is 2.61. The van der Waals surface area contributed by atoms with Crippen LogP contribution in [0.2, 0.25) is 0 Å². The summed E-state index contributed by atoms with van der Waals surface area (Å²) in [6, 6.07) is 12.4. The van der Waals surface area contributed by atoms with Gasteiger partial charge in [-0.3, -0.25) is 10.1 Å². The maximum Gasteiger partial charge on any atom is 0.269 e. The first-order valence-electron chi connectivity index (χ1n) is 9.45. The molecule has 0 fully saturated rings. The van der Waals surface area contributed by atoms with Crippen molar-refractivity contribution in [2.24, 2.45) is 11.7 Å². The lowest BCUT2D eigenvalue weighted by atomic mass is 9.74. The van der Waals surface area contributed by atoms with Gasteiger partial charge in [-0.05, 0) is 47.1 Å². The summed E-state index contributed by atoms with van der Waals surface area (Å²) in [5, 5.41) is 22.7. The van der Waals surface area contributed by atoms with Crippen molar-refractivity contribution in [3.05, 3.63) is 73.7 Å². The predicted octanol–water partition coefficient (Wildman–Crippen LogP) is 5.07. The fraction of sp³-hybridized carbons (Fsp3) is 0.455. The number of hydrogen-bond donors (Lipinski definition) is 2. The van der Waals surface area contributed by atoms with E-state index in [1.165, 1.54) is 12.1 Å². The van der Waals surface area contributed by atoms with Crippen molar-refractivity contribution < 1.29 is 10.0 Å². The van der Waals surface area contributed by atoms with Gasteiger partial charge in [-0.25, -0.2) is 0 Å². The molecule has 152 valence electrons. The number of benzene rings is 2. The zero-order valence-corrected chi connectivity index (χ0v) is 18.5. The van der Waals surface area contributed by atoms with Gasteiger partial charge in [0.05, 0.1) is 10.5 Å². The Hall–Kier alpha value is -1.76. The number of aliphatic hydroxyl groups is 1. The molecule has 2 aromatic rings. The molecule has 0 saturated carbocycles. The number of nitro groups is 1. The van der Waals surface area contributed by atoms with Crippen LogP contribution in [0.4, 0.5) is 5.69 Å². The Morgan fingerprint density at radius 1 is 1.18 bits per heavy atom. The standard InChI is InChI=1S/C22H29BrN2O3/c1-15(11-12-24)22(26,14-16-5-8-18(9-6-16)25(27)28)17-7-10-20(23)19(13-17)21(2,3)4/h5-10,13,15,26H,11-12,14,24H2,1-4H3. The topological polar surface area (TPSA) is 89.4 Å². The third-order valence-corrected chi connectivity index (χ3v) is 6.00. The first-order chi connectivity index (χ1) is 13.0. The number of nitrogens with two attached hydrogens (primary N) is 1. The molecular weight excluding hydrogens is 420 g/mol. The molecular formula is C22H29BrN2O3. The molecule has 0 aliphatic carbocycles. The average molecular weight is 449 g/mol. The van der Waals surface area contributed by atoms with Gasteiger partial charge >= 0.3 is 0 Å². The smallest absolute Gasteiger partial charge is 0.269 e. The van der Waals surface area contributed by atoms with Crippen molar-refractivity contribution >= 4 is 21.6 Å². The third-order valence-electron chi connectivity index (χ3n) is 5.31. The van der Waals surface area contributed by atoms with Gasteiger partial charge in [-0.15, -0.1) is 0 Å². The summed E-state index contributed by atoms with van der Waals surface area (Å²) < 4.78 is 1.01. The first-order valence-corrected chi connectivity index (χ1v) is 10.2. The zero-order chi connectivity index (χ0) is 21.1. The van der Waals surface area contributed by atoms with E-state index < -0.39 is 10.5 Å². The molecule has 2 atom stereocenters. The van der Waals surface area contributed by atoms with Crippen molar-refractivity contribution in [2.75, 3.05) is 6.54 Å². The molecule has 0 aliphatic heterocycles. The molecule has 0 radical (unpaired) electrons. The molecule has 2 aromatic carbocycles. The Kier molecular flexibility index (Phi) is 7.02. The predicted molar refractivity (Wildman–Crippen MR) is 116 cm³/mol. The van der Waals surface area contributed by atoms with Crippen LogP contribution in [0, 0.1) is 16.0 Å². The van der Waals surface area contributed by atoms with Crippen LogP contribution in [0.5, 0.6) is 0 Å². The summed E-state index contributed by atoms with van der Waals surface area (Å²) in [7, 11) is 0. The van der Waals surface area contributed by atoms with E-state index in [9.17, 15) is 15.2 Å². The Morgan fingerprint density at radius 2 is 1.79 bits per heavy atom. The second-order valence-corrected chi connectivity index (χ2v) is 9.30. The van der Waals surface area contributed by atoms with Gasteiger partial charge in [0, 0.05) is 23.0 Å². The second kappa shape index (κ2) is 8.72. The van der Waals surface area contributed by atoms with E-state index in [0.717, 1.165) is 21.2 Å². The van der Waals surface area contributed by atoms with Gasteiger partial charge in [0.2, 0.25) is 0 Å². The normalized spacial score (nSPS) is 15.1. The van der Waals surface area contributed by atoms with Gasteiger partial charge in [-0.1, -0.05) is 67.9 Å². The Balaban J connectivity index is 2.50. The van der Waals surface area contributed by atoms with Crippen LogP contribution in [0.1, 0.15) is 50.8 Å². The number of nitrogens with zero attached hydrogens (tertiary/aromatic N) is 1. The maximum absolute atomic E-state index is 11.8. The quantitative estimate of drug-likeness (QED) is 0.456. The summed E-state index contributed by atoms with van der Waals surface area (Å²) in [5.41, 5.74) is 7.41. The molecule has 0 heterocycles. The molecule has 2 unspecified atom stereocenters. The Labute approximate surface area is 175 Å². The van der Waals surface area contributed by atoms with E-state index in [1.54, 1.807) is 12.1 Å². The number of halogens is 1. The molecule has 6 heteroatoms. The molecule has 0 spiro atoms. The summed E-state index contributed by atoms with van der Waals surface area (Å²) >= 11 is 3.62. The molecule has 0 aromatic heterocycles. The van der Waals surface area contributed by atoms with Gasteiger partial charge in [0.15, 0.2) is 0 Å². The van der Waals surface area contributed by atoms with E-state index in [4.69, 9.17) is 5.73 Å². The lowest BCUT2D eigenvalue weighted by Crippen LogP contribution is -2.37. The van der Waals surface area contributed by atoms with Gasteiger partial charge in [0.1, 0.15) is 0 Å². The van der Waals surface area contributed by atoms with Crippen molar-refractivity contribution in [3.8, 4) is 0 Å². The molecule has 0 bridgehead atoms. The third kappa shape index (κ3) is 4.99. The maximum atomic E-state index is 11.8.